The molecule has 0 saturated heterocycles. The fourth-order valence-electron chi connectivity index (χ4n) is 2.56. The third kappa shape index (κ3) is 3.29. The fourth-order valence-corrected chi connectivity index (χ4v) is 2.56. The van der Waals surface area contributed by atoms with Crippen molar-refractivity contribution >= 4 is 0 Å². The maximum Gasteiger partial charge on any atom is 0.130 e. The lowest BCUT2D eigenvalue weighted by Gasteiger charge is -2.18. The van der Waals surface area contributed by atoms with Gasteiger partial charge in [-0.1, -0.05) is 0 Å². The number of aromatic nitrogens is 2. The summed E-state index contributed by atoms with van der Waals surface area (Å²) in [5.41, 5.74) is 2.91. The highest BCUT2D eigenvalue weighted by Gasteiger charge is 2.18. The maximum atomic E-state index is 14.1. The highest BCUT2D eigenvalue weighted by molar-refractivity contribution is 5.29. The molecule has 1 heterocycles. The minimum atomic E-state index is -0.517. The van der Waals surface area contributed by atoms with Gasteiger partial charge in [-0.2, -0.15) is 5.10 Å². The molecule has 2 rings (SSSR count). The van der Waals surface area contributed by atoms with E-state index in [0.29, 0.717) is 17.5 Å². The molecule has 21 heavy (non-hydrogen) atoms. The smallest absolute Gasteiger partial charge is 0.130 e. The van der Waals surface area contributed by atoms with Gasteiger partial charge in [0.25, 0.3) is 0 Å². The number of nitrogens with zero attached hydrogens (tertiary/aromatic N) is 2. The van der Waals surface area contributed by atoms with Crippen LogP contribution in [0.15, 0.2) is 18.2 Å². The lowest BCUT2D eigenvalue weighted by molar-refractivity contribution is 0.501. The van der Waals surface area contributed by atoms with Crippen molar-refractivity contribution in [3.8, 4) is 0 Å². The molecule has 1 unspecified atom stereocenters. The zero-order chi connectivity index (χ0) is 15.6. The molecule has 1 N–H and O–H groups in total. The van der Waals surface area contributed by atoms with Gasteiger partial charge in [-0.05, 0) is 45.5 Å². The van der Waals surface area contributed by atoms with Gasteiger partial charge < -0.3 is 5.32 Å². The van der Waals surface area contributed by atoms with Crippen molar-refractivity contribution in [1.29, 1.82) is 0 Å². The number of likely N-dealkylation sites (N-methyl/N-ethyl adjacent to an activating group) is 1. The van der Waals surface area contributed by atoms with Crippen molar-refractivity contribution in [2.45, 2.75) is 39.8 Å². The Hall–Kier alpha value is -1.75. The Kier molecular flexibility index (Phi) is 4.73. The number of aryl methyl sites for hydroxylation is 3. The average molecular weight is 293 g/mol. The van der Waals surface area contributed by atoms with Crippen molar-refractivity contribution in [1.82, 2.24) is 15.1 Å². The molecule has 0 saturated carbocycles. The van der Waals surface area contributed by atoms with Gasteiger partial charge in [-0.3, -0.25) is 4.68 Å². The lowest BCUT2D eigenvalue weighted by atomic mass is 9.99. The molecule has 3 nitrogen and oxygen atoms in total. The van der Waals surface area contributed by atoms with Crippen LogP contribution in [0.5, 0.6) is 0 Å². The molecule has 0 fully saturated rings. The molecule has 114 valence electrons. The summed E-state index contributed by atoms with van der Waals surface area (Å²) >= 11 is 0. The third-order valence-corrected chi connectivity index (χ3v) is 3.70. The van der Waals surface area contributed by atoms with Gasteiger partial charge in [-0.25, -0.2) is 8.78 Å². The molecule has 1 atom stereocenters. The van der Waals surface area contributed by atoms with E-state index < -0.39 is 11.6 Å². The molecule has 0 aliphatic carbocycles. The predicted molar refractivity (Wildman–Crippen MR) is 79.2 cm³/mol. The molecule has 0 aliphatic rings. The minimum Gasteiger partial charge on any atom is -0.313 e. The number of hydrogen-bond acceptors (Lipinski definition) is 2. The molecular weight excluding hydrogens is 272 g/mol. The average Bonchev–Trinajstić information content (AvgIpc) is 2.80. The quantitative estimate of drug-likeness (QED) is 0.916. The Morgan fingerprint density at radius 2 is 1.90 bits per heavy atom. The van der Waals surface area contributed by atoms with Gasteiger partial charge in [0.2, 0.25) is 0 Å². The molecule has 0 amide bonds. The van der Waals surface area contributed by atoms with Crippen molar-refractivity contribution < 1.29 is 8.78 Å². The zero-order valence-electron chi connectivity index (χ0n) is 12.9. The second kappa shape index (κ2) is 6.35. The van der Waals surface area contributed by atoms with Gasteiger partial charge >= 0.3 is 0 Å². The van der Waals surface area contributed by atoms with Crippen LogP contribution in [0.25, 0.3) is 0 Å². The van der Waals surface area contributed by atoms with Crippen LogP contribution in [-0.2, 0) is 13.0 Å². The first-order valence-corrected chi connectivity index (χ1v) is 7.12. The Morgan fingerprint density at radius 1 is 1.19 bits per heavy atom. The van der Waals surface area contributed by atoms with Crippen LogP contribution in [0.1, 0.15) is 35.5 Å². The van der Waals surface area contributed by atoms with E-state index in [2.05, 4.69) is 10.4 Å². The van der Waals surface area contributed by atoms with E-state index in [4.69, 9.17) is 0 Å². The Labute approximate surface area is 124 Å². The fraction of sp³-hybridized carbons (Fsp3) is 0.438. The summed E-state index contributed by atoms with van der Waals surface area (Å²) in [4.78, 5) is 0. The summed E-state index contributed by atoms with van der Waals surface area (Å²) < 4.78 is 29.4. The first-order chi connectivity index (χ1) is 9.96. The van der Waals surface area contributed by atoms with E-state index >= 15 is 0 Å². The highest BCUT2D eigenvalue weighted by atomic mass is 19.1. The largest absolute Gasteiger partial charge is 0.313 e. The van der Waals surface area contributed by atoms with Crippen molar-refractivity contribution in [3.63, 3.8) is 0 Å². The van der Waals surface area contributed by atoms with Crippen LogP contribution >= 0.6 is 0 Å². The van der Waals surface area contributed by atoms with Gasteiger partial charge in [0, 0.05) is 36.3 Å². The molecule has 2 aromatic rings. The Balaban J connectivity index is 2.34. The molecule has 0 aliphatic heterocycles. The molecule has 0 bridgehead atoms. The SMILES string of the molecule is CCn1nc(C)cc1CC(NC)c1cc(C)c(F)cc1F. The summed E-state index contributed by atoms with van der Waals surface area (Å²) in [5.74, 6) is -1.03. The number of rotatable bonds is 5. The molecule has 5 heteroatoms. The van der Waals surface area contributed by atoms with E-state index in [1.807, 2.05) is 24.6 Å². The van der Waals surface area contributed by atoms with Crippen molar-refractivity contribution in [3.05, 3.63) is 52.3 Å². The summed E-state index contributed by atoms with van der Waals surface area (Å²) in [7, 11) is 1.78. The van der Waals surface area contributed by atoms with Crippen LogP contribution in [0.4, 0.5) is 8.78 Å². The van der Waals surface area contributed by atoms with Gasteiger partial charge in [0.1, 0.15) is 11.6 Å². The van der Waals surface area contributed by atoms with Gasteiger partial charge in [-0.15, -0.1) is 0 Å². The number of hydrogen-bond donors (Lipinski definition) is 1. The molecular formula is C16H21F2N3. The maximum absolute atomic E-state index is 14.1. The van der Waals surface area contributed by atoms with E-state index in [0.717, 1.165) is 24.0 Å². The summed E-state index contributed by atoms with van der Waals surface area (Å²) in [6, 6.07) is 4.32. The topological polar surface area (TPSA) is 29.9 Å². The van der Waals surface area contributed by atoms with Crippen LogP contribution in [-0.4, -0.2) is 16.8 Å². The van der Waals surface area contributed by atoms with Crippen LogP contribution in [0.3, 0.4) is 0 Å². The number of halogens is 2. The first-order valence-electron chi connectivity index (χ1n) is 7.12. The lowest BCUT2D eigenvalue weighted by Crippen LogP contribution is -2.22. The van der Waals surface area contributed by atoms with Crippen LogP contribution in [0, 0.1) is 25.5 Å². The normalized spacial score (nSPS) is 12.7. The first kappa shape index (κ1) is 15.6. The predicted octanol–water partition coefficient (Wildman–Crippen LogP) is 3.30. The van der Waals surface area contributed by atoms with E-state index in [1.54, 1.807) is 20.0 Å². The summed E-state index contributed by atoms with van der Waals surface area (Å²) in [6.45, 7) is 6.37. The van der Waals surface area contributed by atoms with Crippen LogP contribution in [0.2, 0.25) is 0 Å². The van der Waals surface area contributed by atoms with Crippen LogP contribution < -0.4 is 5.32 Å². The zero-order valence-corrected chi connectivity index (χ0v) is 12.9. The highest BCUT2D eigenvalue weighted by Crippen LogP contribution is 2.24. The second-order valence-corrected chi connectivity index (χ2v) is 5.26. The minimum absolute atomic E-state index is 0.217. The van der Waals surface area contributed by atoms with Crippen molar-refractivity contribution in [2.75, 3.05) is 7.05 Å². The van der Waals surface area contributed by atoms with Gasteiger partial charge in [0.05, 0.1) is 5.69 Å². The number of nitrogens with one attached hydrogen (secondary N) is 1. The molecule has 1 aromatic heterocycles. The summed E-state index contributed by atoms with van der Waals surface area (Å²) in [6.07, 6.45) is 0.604. The van der Waals surface area contributed by atoms with Crippen molar-refractivity contribution in [2.24, 2.45) is 0 Å². The van der Waals surface area contributed by atoms with E-state index in [9.17, 15) is 8.78 Å². The van der Waals surface area contributed by atoms with Gasteiger partial charge in [0.15, 0.2) is 0 Å². The van der Waals surface area contributed by atoms with E-state index in [-0.39, 0.29) is 6.04 Å². The Morgan fingerprint density at radius 3 is 2.52 bits per heavy atom. The molecule has 1 aromatic carbocycles. The second-order valence-electron chi connectivity index (χ2n) is 5.26. The molecule has 0 radical (unpaired) electrons. The standard InChI is InChI=1S/C16H21F2N3/c1-5-21-12(7-11(3)20-21)8-16(19-4)13-6-10(2)14(17)9-15(13)18/h6-7,9,16,19H,5,8H2,1-4H3. The monoisotopic (exact) mass is 293 g/mol. The molecule has 0 spiro atoms. The number of benzene rings is 1. The third-order valence-electron chi connectivity index (χ3n) is 3.70. The summed E-state index contributed by atoms with van der Waals surface area (Å²) in [5, 5.41) is 7.51. The Bertz CT molecular complexity index is 635. The van der Waals surface area contributed by atoms with E-state index in [1.165, 1.54) is 0 Å².